The Bertz CT molecular complexity index is 842. The molecule has 3 saturated heterocycles. The minimum absolute atomic E-state index is 0.0421. The molecule has 4 aliphatic rings. The molecular weight excluding hydrogens is 370 g/mol. The van der Waals surface area contributed by atoms with Crippen LogP contribution in [0.5, 0.6) is 0 Å². The molecule has 4 atom stereocenters. The molecule has 4 fully saturated rings. The zero-order chi connectivity index (χ0) is 19.8. The van der Waals surface area contributed by atoms with Gasteiger partial charge in [-0.05, 0) is 50.3 Å². The predicted molar refractivity (Wildman–Crippen MR) is 105 cm³/mol. The van der Waals surface area contributed by atoms with Crippen LogP contribution in [0.25, 0.3) is 0 Å². The van der Waals surface area contributed by atoms with Crippen LogP contribution >= 0.6 is 0 Å². The third-order valence-electron chi connectivity index (χ3n) is 7.08. The fourth-order valence-corrected chi connectivity index (χ4v) is 5.38. The Balaban J connectivity index is 1.18. The summed E-state index contributed by atoms with van der Waals surface area (Å²) in [7, 11) is 0. The predicted octanol–water partition coefficient (Wildman–Crippen LogP) is 1.66. The second kappa shape index (κ2) is 7.57. The monoisotopic (exact) mass is 399 g/mol. The van der Waals surface area contributed by atoms with Crippen LogP contribution in [-0.4, -0.2) is 50.0 Å². The SMILES string of the molecule is O=C(NCc1ccco1)[C@H]1CN2CC[C@H]1C[C@@H]2Cn1cc(C2(O)CCCC2)nn1. The van der Waals surface area contributed by atoms with Gasteiger partial charge in [0.2, 0.25) is 5.91 Å². The van der Waals surface area contributed by atoms with E-state index in [-0.39, 0.29) is 11.8 Å². The lowest BCUT2D eigenvalue weighted by Gasteiger charge is -2.49. The van der Waals surface area contributed by atoms with Crippen molar-refractivity contribution < 1.29 is 14.3 Å². The number of fused-ring (bicyclic) bond motifs is 3. The summed E-state index contributed by atoms with van der Waals surface area (Å²) in [6.07, 6.45) is 9.26. The number of aliphatic hydroxyl groups is 1. The normalized spacial score (nSPS) is 30.5. The van der Waals surface area contributed by atoms with E-state index in [9.17, 15) is 9.90 Å². The number of piperidine rings is 3. The summed E-state index contributed by atoms with van der Waals surface area (Å²) < 4.78 is 7.18. The van der Waals surface area contributed by atoms with Crippen molar-refractivity contribution in [2.45, 2.75) is 63.3 Å². The Morgan fingerprint density at radius 3 is 2.97 bits per heavy atom. The minimum Gasteiger partial charge on any atom is -0.467 e. The molecule has 5 heterocycles. The third-order valence-corrected chi connectivity index (χ3v) is 7.08. The van der Waals surface area contributed by atoms with Crippen LogP contribution in [0.15, 0.2) is 29.0 Å². The van der Waals surface area contributed by atoms with Crippen LogP contribution in [0.4, 0.5) is 0 Å². The van der Waals surface area contributed by atoms with E-state index < -0.39 is 5.60 Å². The van der Waals surface area contributed by atoms with Crippen molar-refractivity contribution in [1.82, 2.24) is 25.2 Å². The molecular formula is C21H29N5O3. The third kappa shape index (κ3) is 3.71. The van der Waals surface area contributed by atoms with Crippen molar-refractivity contribution >= 4 is 5.91 Å². The maximum atomic E-state index is 12.7. The Labute approximate surface area is 170 Å². The van der Waals surface area contributed by atoms with Crippen molar-refractivity contribution in [1.29, 1.82) is 0 Å². The van der Waals surface area contributed by atoms with Crippen molar-refractivity contribution in [3.05, 3.63) is 36.0 Å². The van der Waals surface area contributed by atoms with Gasteiger partial charge >= 0.3 is 0 Å². The molecule has 1 amide bonds. The van der Waals surface area contributed by atoms with Gasteiger partial charge in [0.25, 0.3) is 0 Å². The van der Waals surface area contributed by atoms with Gasteiger partial charge in [0.1, 0.15) is 17.1 Å². The fourth-order valence-electron chi connectivity index (χ4n) is 5.38. The molecule has 0 aromatic carbocycles. The first-order valence-corrected chi connectivity index (χ1v) is 10.8. The highest BCUT2D eigenvalue weighted by atomic mass is 16.3. The highest BCUT2D eigenvalue weighted by Gasteiger charge is 2.43. The first-order chi connectivity index (χ1) is 14.1. The standard InChI is InChI=1S/C21H29N5O3/c27-20(22-11-17-4-3-9-29-17)18-13-25-8-5-15(18)10-16(25)12-26-14-19(23-24-26)21(28)6-1-2-7-21/h3-4,9,14-16,18,28H,1-2,5-8,10-13H2,(H,22,27)/t15-,16+,18-/m0/s1. The zero-order valence-corrected chi connectivity index (χ0v) is 16.7. The van der Waals surface area contributed by atoms with Gasteiger partial charge < -0.3 is 14.8 Å². The van der Waals surface area contributed by atoms with Crippen molar-refractivity contribution in [2.75, 3.05) is 13.1 Å². The molecule has 2 bridgehead atoms. The molecule has 29 heavy (non-hydrogen) atoms. The molecule has 1 saturated carbocycles. The molecule has 8 heteroatoms. The van der Waals surface area contributed by atoms with E-state index in [0.29, 0.717) is 24.2 Å². The average molecular weight is 399 g/mol. The molecule has 2 aromatic heterocycles. The molecule has 0 radical (unpaired) electrons. The summed E-state index contributed by atoms with van der Waals surface area (Å²) in [5.41, 5.74) is -0.0810. The summed E-state index contributed by atoms with van der Waals surface area (Å²) in [6.45, 7) is 3.04. The van der Waals surface area contributed by atoms with Crippen LogP contribution in [0.1, 0.15) is 50.0 Å². The largest absolute Gasteiger partial charge is 0.467 e. The first kappa shape index (κ1) is 18.8. The summed E-state index contributed by atoms with van der Waals surface area (Å²) in [5, 5.41) is 22.3. The number of hydrogen-bond donors (Lipinski definition) is 2. The Kier molecular flexibility index (Phi) is 4.91. The van der Waals surface area contributed by atoms with Gasteiger partial charge in [0.05, 0.1) is 31.5 Å². The van der Waals surface area contributed by atoms with E-state index in [1.165, 1.54) is 0 Å². The average Bonchev–Trinajstić information content (AvgIpc) is 3.49. The molecule has 2 N–H and O–H groups in total. The molecule has 3 aliphatic heterocycles. The van der Waals surface area contributed by atoms with E-state index in [4.69, 9.17) is 4.42 Å². The number of carbonyl (C=O) groups excluding carboxylic acids is 1. The smallest absolute Gasteiger partial charge is 0.225 e. The lowest BCUT2D eigenvalue weighted by Crippen LogP contribution is -2.57. The number of aromatic nitrogens is 3. The van der Waals surface area contributed by atoms with Gasteiger partial charge in [-0.25, -0.2) is 0 Å². The van der Waals surface area contributed by atoms with Crippen LogP contribution in [-0.2, 0) is 23.5 Å². The number of furan rings is 1. The van der Waals surface area contributed by atoms with Crippen LogP contribution in [0.2, 0.25) is 0 Å². The summed E-state index contributed by atoms with van der Waals surface area (Å²) in [4.78, 5) is 15.1. The first-order valence-electron chi connectivity index (χ1n) is 10.8. The maximum Gasteiger partial charge on any atom is 0.225 e. The number of rotatable bonds is 6. The van der Waals surface area contributed by atoms with Gasteiger partial charge in [-0.2, -0.15) is 0 Å². The van der Waals surface area contributed by atoms with Crippen LogP contribution < -0.4 is 5.32 Å². The quantitative estimate of drug-likeness (QED) is 0.767. The van der Waals surface area contributed by atoms with Crippen molar-refractivity contribution in [2.24, 2.45) is 11.8 Å². The number of hydrogen-bond acceptors (Lipinski definition) is 6. The molecule has 2 aromatic rings. The summed E-state index contributed by atoms with van der Waals surface area (Å²) in [5.74, 6) is 1.36. The molecule has 1 aliphatic carbocycles. The molecule has 156 valence electrons. The van der Waals surface area contributed by atoms with Gasteiger partial charge in [0.15, 0.2) is 0 Å². The van der Waals surface area contributed by atoms with E-state index in [2.05, 4.69) is 20.5 Å². The lowest BCUT2D eigenvalue weighted by molar-refractivity contribution is -0.133. The summed E-state index contributed by atoms with van der Waals surface area (Å²) >= 11 is 0. The molecule has 0 spiro atoms. The topological polar surface area (TPSA) is 96.4 Å². The maximum absolute atomic E-state index is 12.7. The Morgan fingerprint density at radius 2 is 2.24 bits per heavy atom. The molecule has 8 nitrogen and oxygen atoms in total. The van der Waals surface area contributed by atoms with E-state index in [0.717, 1.165) is 63.9 Å². The minimum atomic E-state index is -0.790. The van der Waals surface area contributed by atoms with E-state index in [1.807, 2.05) is 23.0 Å². The van der Waals surface area contributed by atoms with Gasteiger partial charge in [-0.15, -0.1) is 5.10 Å². The van der Waals surface area contributed by atoms with Crippen molar-refractivity contribution in [3.8, 4) is 0 Å². The summed E-state index contributed by atoms with van der Waals surface area (Å²) in [6, 6.07) is 4.08. The number of carbonyl (C=O) groups is 1. The van der Waals surface area contributed by atoms with Crippen LogP contribution in [0, 0.1) is 11.8 Å². The Hall–Kier alpha value is -2.19. The zero-order valence-electron chi connectivity index (χ0n) is 16.7. The van der Waals surface area contributed by atoms with Gasteiger partial charge in [-0.1, -0.05) is 18.1 Å². The van der Waals surface area contributed by atoms with E-state index >= 15 is 0 Å². The second-order valence-corrected chi connectivity index (χ2v) is 8.90. The van der Waals surface area contributed by atoms with Gasteiger partial charge in [-0.3, -0.25) is 14.4 Å². The molecule has 1 unspecified atom stereocenters. The number of nitrogens with one attached hydrogen (secondary N) is 1. The number of amides is 1. The van der Waals surface area contributed by atoms with Crippen LogP contribution in [0.3, 0.4) is 0 Å². The van der Waals surface area contributed by atoms with E-state index in [1.54, 1.807) is 6.26 Å². The Morgan fingerprint density at radius 1 is 1.38 bits per heavy atom. The lowest BCUT2D eigenvalue weighted by atomic mass is 9.75. The fraction of sp³-hybridized carbons (Fsp3) is 0.667. The number of nitrogens with zero attached hydrogens (tertiary/aromatic N) is 4. The highest BCUT2D eigenvalue weighted by Crippen LogP contribution is 2.38. The highest BCUT2D eigenvalue weighted by molar-refractivity contribution is 5.79. The second-order valence-electron chi connectivity index (χ2n) is 8.90. The van der Waals surface area contributed by atoms with Crippen molar-refractivity contribution in [3.63, 3.8) is 0 Å². The van der Waals surface area contributed by atoms with Gasteiger partial charge in [0, 0.05) is 12.6 Å². The molecule has 6 rings (SSSR count).